The molecule has 1 fully saturated rings. The SMILES string of the molecule is COCCN(C)C(=O)c1cn(Cc2cncn2CC2CCN(C(=O)OCc3cccc4ccccc34)CC2)cc1-c1cccc2ccccc12. The van der Waals surface area contributed by atoms with Gasteiger partial charge in [-0.1, -0.05) is 84.9 Å². The number of likely N-dealkylation sites (N-methyl/N-ethyl adjacent to an activating group) is 1. The number of aromatic nitrogens is 3. The number of imidazole rings is 1. The Bertz CT molecular complexity index is 2100. The molecule has 6 aromatic rings. The van der Waals surface area contributed by atoms with Crippen LogP contribution in [0.1, 0.15) is 34.5 Å². The summed E-state index contributed by atoms with van der Waals surface area (Å²) in [6.45, 7) is 3.95. The highest BCUT2D eigenvalue weighted by atomic mass is 16.6. The molecule has 256 valence electrons. The molecule has 1 aliphatic heterocycles. The Kier molecular flexibility index (Phi) is 9.93. The number of hydrogen-bond donors (Lipinski definition) is 0. The van der Waals surface area contributed by atoms with Crippen molar-refractivity contribution in [3.8, 4) is 11.1 Å². The minimum Gasteiger partial charge on any atom is -0.445 e. The normalized spacial score (nSPS) is 13.6. The predicted octanol–water partition coefficient (Wildman–Crippen LogP) is 7.47. The van der Waals surface area contributed by atoms with E-state index in [0.717, 1.165) is 63.3 Å². The molecule has 2 aromatic heterocycles. The van der Waals surface area contributed by atoms with Gasteiger partial charge in [0.05, 0.1) is 30.7 Å². The number of carbonyl (C=O) groups is 2. The van der Waals surface area contributed by atoms with Crippen LogP contribution in [-0.4, -0.2) is 76.3 Å². The summed E-state index contributed by atoms with van der Waals surface area (Å²) in [5.41, 5.74) is 4.67. The first-order chi connectivity index (χ1) is 24.5. The molecular weight excluding hydrogens is 626 g/mol. The molecule has 0 radical (unpaired) electrons. The number of nitrogens with zero attached hydrogens (tertiary/aromatic N) is 5. The van der Waals surface area contributed by atoms with E-state index in [4.69, 9.17) is 9.47 Å². The summed E-state index contributed by atoms with van der Waals surface area (Å²) in [4.78, 5) is 34.8. The largest absolute Gasteiger partial charge is 0.445 e. The Balaban J connectivity index is 1.02. The third kappa shape index (κ3) is 7.14. The maximum atomic E-state index is 13.8. The van der Waals surface area contributed by atoms with E-state index in [1.54, 1.807) is 12.0 Å². The Morgan fingerprint density at radius 3 is 2.34 bits per heavy atom. The average Bonchev–Trinajstić information content (AvgIpc) is 3.79. The van der Waals surface area contributed by atoms with E-state index >= 15 is 0 Å². The van der Waals surface area contributed by atoms with Crippen molar-refractivity contribution in [3.05, 3.63) is 127 Å². The molecule has 50 heavy (non-hydrogen) atoms. The van der Waals surface area contributed by atoms with Crippen molar-refractivity contribution in [2.45, 2.75) is 32.5 Å². The lowest BCUT2D eigenvalue weighted by atomic mass is 9.97. The molecule has 0 bridgehead atoms. The Morgan fingerprint density at radius 2 is 1.56 bits per heavy atom. The first-order valence-electron chi connectivity index (χ1n) is 17.3. The van der Waals surface area contributed by atoms with Gasteiger partial charge < -0.3 is 28.4 Å². The number of piperidine rings is 1. The number of benzene rings is 4. The van der Waals surface area contributed by atoms with Gasteiger partial charge in [0, 0.05) is 64.5 Å². The summed E-state index contributed by atoms with van der Waals surface area (Å²) >= 11 is 0. The predicted molar refractivity (Wildman–Crippen MR) is 196 cm³/mol. The van der Waals surface area contributed by atoms with Crippen LogP contribution in [0.15, 0.2) is 110 Å². The van der Waals surface area contributed by atoms with Crippen LogP contribution >= 0.6 is 0 Å². The van der Waals surface area contributed by atoms with Gasteiger partial charge >= 0.3 is 6.09 Å². The molecular formula is C41H43N5O4. The molecule has 0 saturated carbocycles. The number of ether oxygens (including phenoxy) is 2. The van der Waals surface area contributed by atoms with Gasteiger partial charge in [0.25, 0.3) is 5.91 Å². The summed E-state index contributed by atoms with van der Waals surface area (Å²) in [7, 11) is 3.46. The number of likely N-dealkylation sites (tertiary alicyclic amines) is 1. The van der Waals surface area contributed by atoms with Crippen LogP contribution in [0, 0.1) is 5.92 Å². The van der Waals surface area contributed by atoms with Crippen LogP contribution in [0.4, 0.5) is 4.79 Å². The molecule has 7 rings (SSSR count). The van der Waals surface area contributed by atoms with Gasteiger partial charge in [0.15, 0.2) is 0 Å². The van der Waals surface area contributed by atoms with Crippen molar-refractivity contribution in [3.63, 3.8) is 0 Å². The van der Waals surface area contributed by atoms with E-state index < -0.39 is 0 Å². The number of hydrogen-bond acceptors (Lipinski definition) is 5. The number of fused-ring (bicyclic) bond motifs is 2. The molecule has 0 atom stereocenters. The highest BCUT2D eigenvalue weighted by molar-refractivity contribution is 6.06. The standard InChI is InChI=1S/C41H43N5O4/c1-43(21-22-49-2)40(47)39-27-44(26-38(39)37-16-8-12-32-10-4-6-15-36(32)37)25-34-23-42-29-46(34)24-30-17-19-45(20-18-30)41(48)50-28-33-13-7-11-31-9-3-5-14-35(31)33/h3-16,23,26-27,29-30H,17-22,24-25,28H2,1-2H3. The second kappa shape index (κ2) is 15.0. The fraction of sp³-hybridized carbons (Fsp3) is 0.293. The second-order valence-electron chi connectivity index (χ2n) is 13.2. The van der Waals surface area contributed by atoms with E-state index in [2.05, 4.69) is 62.8 Å². The molecule has 2 amide bonds. The van der Waals surface area contributed by atoms with Gasteiger partial charge in [0.1, 0.15) is 6.61 Å². The number of amides is 2. The topological polar surface area (TPSA) is 81.8 Å². The maximum absolute atomic E-state index is 13.8. The quantitative estimate of drug-likeness (QED) is 0.143. The smallest absolute Gasteiger partial charge is 0.410 e. The Labute approximate surface area is 292 Å². The zero-order valence-electron chi connectivity index (χ0n) is 28.7. The highest BCUT2D eigenvalue weighted by Gasteiger charge is 2.25. The van der Waals surface area contributed by atoms with E-state index in [-0.39, 0.29) is 18.6 Å². The lowest BCUT2D eigenvalue weighted by Crippen LogP contribution is -2.39. The van der Waals surface area contributed by atoms with Crippen LogP contribution < -0.4 is 0 Å². The van der Waals surface area contributed by atoms with Crippen LogP contribution in [0.25, 0.3) is 32.7 Å². The number of methoxy groups -OCH3 is 1. The summed E-state index contributed by atoms with van der Waals surface area (Å²) in [6.07, 6.45) is 9.36. The highest BCUT2D eigenvalue weighted by Crippen LogP contribution is 2.33. The van der Waals surface area contributed by atoms with E-state index in [1.165, 1.54) is 0 Å². The molecule has 9 nitrogen and oxygen atoms in total. The van der Waals surface area contributed by atoms with Gasteiger partial charge in [-0.15, -0.1) is 0 Å². The summed E-state index contributed by atoms with van der Waals surface area (Å²) in [5.74, 6) is 0.368. The van der Waals surface area contributed by atoms with E-state index in [1.807, 2.05) is 73.1 Å². The lowest BCUT2D eigenvalue weighted by Gasteiger charge is -2.31. The average molecular weight is 670 g/mol. The maximum Gasteiger partial charge on any atom is 0.410 e. The van der Waals surface area contributed by atoms with Crippen molar-refractivity contribution in [2.75, 3.05) is 40.4 Å². The lowest BCUT2D eigenvalue weighted by molar-refractivity contribution is 0.0744. The molecule has 3 heterocycles. The minimum atomic E-state index is -0.257. The van der Waals surface area contributed by atoms with Gasteiger partial charge in [0.2, 0.25) is 0 Å². The van der Waals surface area contributed by atoms with E-state index in [9.17, 15) is 9.59 Å². The molecule has 4 aromatic carbocycles. The fourth-order valence-corrected chi connectivity index (χ4v) is 7.04. The van der Waals surface area contributed by atoms with Gasteiger partial charge in [-0.3, -0.25) is 4.79 Å². The first-order valence-corrected chi connectivity index (χ1v) is 17.3. The van der Waals surface area contributed by atoms with Crippen molar-refractivity contribution >= 4 is 33.5 Å². The monoisotopic (exact) mass is 669 g/mol. The molecule has 1 saturated heterocycles. The minimum absolute atomic E-state index is 0.0420. The second-order valence-corrected chi connectivity index (χ2v) is 13.2. The molecule has 0 aliphatic carbocycles. The summed E-state index contributed by atoms with van der Waals surface area (Å²) in [5, 5.41) is 4.49. The molecule has 0 unspecified atom stereocenters. The molecule has 0 N–H and O–H groups in total. The van der Waals surface area contributed by atoms with Crippen molar-refractivity contribution in [1.29, 1.82) is 0 Å². The van der Waals surface area contributed by atoms with Crippen molar-refractivity contribution < 1.29 is 19.1 Å². The zero-order chi connectivity index (χ0) is 34.5. The fourth-order valence-electron chi connectivity index (χ4n) is 7.04. The van der Waals surface area contributed by atoms with Gasteiger partial charge in [-0.05, 0) is 51.4 Å². The summed E-state index contributed by atoms with van der Waals surface area (Å²) in [6, 6.07) is 28.8. The van der Waals surface area contributed by atoms with Crippen LogP contribution in [-0.2, 0) is 29.2 Å². The number of carbonyl (C=O) groups excluding carboxylic acids is 2. The Morgan fingerprint density at radius 1 is 0.860 bits per heavy atom. The van der Waals surface area contributed by atoms with Crippen LogP contribution in [0.5, 0.6) is 0 Å². The van der Waals surface area contributed by atoms with Crippen LogP contribution in [0.2, 0.25) is 0 Å². The van der Waals surface area contributed by atoms with Gasteiger partial charge in [-0.25, -0.2) is 9.78 Å². The van der Waals surface area contributed by atoms with Crippen molar-refractivity contribution in [1.82, 2.24) is 23.9 Å². The van der Waals surface area contributed by atoms with Crippen LogP contribution in [0.3, 0.4) is 0 Å². The first kappa shape index (κ1) is 33.1. The van der Waals surface area contributed by atoms with E-state index in [0.29, 0.717) is 44.3 Å². The third-order valence-corrected chi connectivity index (χ3v) is 9.87. The molecule has 0 spiro atoms. The van der Waals surface area contributed by atoms with Gasteiger partial charge in [-0.2, -0.15) is 0 Å². The third-order valence-electron chi connectivity index (χ3n) is 9.87. The summed E-state index contributed by atoms with van der Waals surface area (Å²) < 4.78 is 15.3. The van der Waals surface area contributed by atoms with Crippen molar-refractivity contribution in [2.24, 2.45) is 5.92 Å². The molecule has 1 aliphatic rings. The zero-order valence-corrected chi connectivity index (χ0v) is 28.7. The number of rotatable bonds is 11. The molecule has 9 heteroatoms. The Hall–Kier alpha value is -5.41.